The van der Waals surface area contributed by atoms with Gasteiger partial charge in [-0.2, -0.15) is 0 Å². The van der Waals surface area contributed by atoms with E-state index in [4.69, 9.17) is 40.0 Å². The summed E-state index contributed by atoms with van der Waals surface area (Å²) in [7, 11) is 2.77. The normalized spacial score (nSPS) is 23.6. The second-order valence-corrected chi connectivity index (χ2v) is 7.79. The Morgan fingerprint density at radius 3 is 2.43 bits per heavy atom. The molecule has 1 aliphatic carbocycles. The molecule has 0 radical (unpaired) electrons. The van der Waals surface area contributed by atoms with Crippen molar-refractivity contribution >= 4 is 17.6 Å². The molecule has 1 saturated heterocycles. The second kappa shape index (κ2) is 7.61. The molecule has 0 bridgehead atoms. The van der Waals surface area contributed by atoms with E-state index in [1.54, 1.807) is 6.92 Å². The number of hydrogen-bond acceptors (Lipinski definition) is 7. The highest BCUT2D eigenvalue weighted by Crippen LogP contribution is 2.50. The minimum absolute atomic E-state index is 0.125. The molecule has 7 nitrogen and oxygen atoms in total. The van der Waals surface area contributed by atoms with E-state index in [1.807, 2.05) is 0 Å². The Kier molecular flexibility index (Phi) is 5.33. The maximum absolute atomic E-state index is 12.3. The number of benzene rings is 1. The van der Waals surface area contributed by atoms with Crippen molar-refractivity contribution < 1.29 is 33.2 Å². The number of ether oxygens (including phenoxy) is 6. The van der Waals surface area contributed by atoms with Crippen LogP contribution in [-0.4, -0.2) is 51.9 Å². The largest absolute Gasteiger partial charge is 0.494 e. The monoisotopic (exact) mass is 412 g/mol. The number of fused-ring (bicyclic) bond motifs is 1. The number of hydrogen-bond donors (Lipinski definition) is 0. The Morgan fingerprint density at radius 2 is 1.82 bits per heavy atom. The Balaban J connectivity index is 1.58. The molecule has 3 aliphatic rings. The maximum Gasteiger partial charge on any atom is 0.342 e. The molecule has 0 amide bonds. The summed E-state index contributed by atoms with van der Waals surface area (Å²) in [5.41, 5.74) is 0.857. The molecule has 4 rings (SSSR count). The van der Waals surface area contributed by atoms with Gasteiger partial charge >= 0.3 is 5.97 Å². The van der Waals surface area contributed by atoms with Crippen molar-refractivity contribution in [3.05, 3.63) is 16.1 Å². The van der Waals surface area contributed by atoms with Crippen LogP contribution < -0.4 is 14.2 Å². The van der Waals surface area contributed by atoms with Crippen molar-refractivity contribution in [1.29, 1.82) is 0 Å². The summed E-state index contributed by atoms with van der Waals surface area (Å²) in [6.07, 6.45) is 3.42. The number of carbonyl (C=O) groups excluding carboxylic acids is 1. The molecule has 154 valence electrons. The highest BCUT2D eigenvalue weighted by molar-refractivity contribution is 6.34. The van der Waals surface area contributed by atoms with Gasteiger partial charge in [-0.3, -0.25) is 0 Å². The zero-order valence-electron chi connectivity index (χ0n) is 16.3. The van der Waals surface area contributed by atoms with Crippen LogP contribution in [0.4, 0.5) is 0 Å². The lowest BCUT2D eigenvalue weighted by atomic mass is 9.81. The maximum atomic E-state index is 12.3. The summed E-state index contributed by atoms with van der Waals surface area (Å²) in [6.45, 7) is 3.51. The van der Waals surface area contributed by atoms with Crippen LogP contribution in [0.15, 0.2) is 0 Å². The van der Waals surface area contributed by atoms with Crippen LogP contribution in [0, 0.1) is 12.8 Å². The van der Waals surface area contributed by atoms with E-state index in [9.17, 15) is 4.79 Å². The first kappa shape index (κ1) is 19.6. The van der Waals surface area contributed by atoms with Crippen LogP contribution in [-0.2, 0) is 14.2 Å². The molecule has 1 aromatic carbocycles. The van der Waals surface area contributed by atoms with Gasteiger partial charge in [0.25, 0.3) is 0 Å². The topological polar surface area (TPSA) is 72.5 Å². The van der Waals surface area contributed by atoms with E-state index in [-0.39, 0.29) is 22.4 Å². The fourth-order valence-corrected chi connectivity index (χ4v) is 4.71. The van der Waals surface area contributed by atoms with Crippen LogP contribution in [0.25, 0.3) is 0 Å². The van der Waals surface area contributed by atoms with E-state index in [1.165, 1.54) is 14.2 Å². The molecular formula is C20H25ClO7. The first-order chi connectivity index (χ1) is 13.5. The zero-order valence-corrected chi connectivity index (χ0v) is 17.1. The first-order valence-electron chi connectivity index (χ1n) is 9.55. The molecule has 28 heavy (non-hydrogen) atoms. The third-order valence-corrected chi connectivity index (χ3v) is 6.28. The van der Waals surface area contributed by atoms with Crippen LogP contribution in [0.2, 0.25) is 5.02 Å². The van der Waals surface area contributed by atoms with Crippen molar-refractivity contribution in [3.63, 3.8) is 0 Å². The molecule has 1 spiro atoms. The van der Waals surface area contributed by atoms with Gasteiger partial charge in [0.2, 0.25) is 0 Å². The summed E-state index contributed by atoms with van der Waals surface area (Å²) < 4.78 is 34.2. The molecule has 1 saturated carbocycles. The fraction of sp³-hybridized carbons (Fsp3) is 0.650. The van der Waals surface area contributed by atoms with Crippen LogP contribution in [0.5, 0.6) is 17.2 Å². The molecule has 0 aromatic heterocycles. The molecule has 1 aromatic rings. The van der Waals surface area contributed by atoms with E-state index >= 15 is 0 Å². The Morgan fingerprint density at radius 1 is 1.14 bits per heavy atom. The summed E-state index contributed by atoms with van der Waals surface area (Å²) in [4.78, 5) is 12.3. The van der Waals surface area contributed by atoms with Gasteiger partial charge < -0.3 is 28.4 Å². The molecule has 2 heterocycles. The van der Waals surface area contributed by atoms with Crippen molar-refractivity contribution in [2.45, 2.75) is 44.5 Å². The van der Waals surface area contributed by atoms with E-state index < -0.39 is 11.8 Å². The Bertz CT molecular complexity index is 763. The minimum atomic E-state index is -0.528. The number of rotatable bonds is 3. The van der Waals surface area contributed by atoms with Gasteiger partial charge in [-0.25, -0.2) is 4.79 Å². The summed E-state index contributed by atoms with van der Waals surface area (Å²) in [6, 6.07) is 0. The number of carbonyl (C=O) groups is 1. The average Bonchev–Trinajstić information content (AvgIpc) is 3.18. The van der Waals surface area contributed by atoms with Crippen molar-refractivity contribution in [3.8, 4) is 17.2 Å². The molecule has 8 heteroatoms. The van der Waals surface area contributed by atoms with Gasteiger partial charge in [-0.05, 0) is 25.7 Å². The van der Waals surface area contributed by atoms with Gasteiger partial charge in [0, 0.05) is 18.4 Å². The second-order valence-electron chi connectivity index (χ2n) is 7.41. The highest BCUT2D eigenvalue weighted by atomic mass is 35.5. The van der Waals surface area contributed by atoms with Gasteiger partial charge in [0.15, 0.2) is 23.0 Å². The lowest BCUT2D eigenvalue weighted by Gasteiger charge is -2.40. The van der Waals surface area contributed by atoms with Crippen molar-refractivity contribution in [1.82, 2.24) is 0 Å². The number of esters is 1. The SMILES string of the molecule is COC(=O)c1c(C)c2c(c(Cl)c1OC)OC[C@H](C1CCC3(CC1)OCCO3)O2. The summed E-state index contributed by atoms with van der Waals surface area (Å²) >= 11 is 6.45. The highest BCUT2D eigenvalue weighted by Gasteiger charge is 2.44. The van der Waals surface area contributed by atoms with E-state index in [0.29, 0.717) is 42.8 Å². The summed E-state index contributed by atoms with van der Waals surface area (Å²) in [5.74, 6) is 0.509. The smallest absolute Gasteiger partial charge is 0.342 e. The van der Waals surface area contributed by atoms with E-state index in [0.717, 1.165) is 25.7 Å². The molecular weight excluding hydrogens is 388 g/mol. The number of methoxy groups -OCH3 is 2. The zero-order chi connectivity index (χ0) is 19.9. The lowest BCUT2D eigenvalue weighted by molar-refractivity contribution is -0.187. The quantitative estimate of drug-likeness (QED) is 0.703. The van der Waals surface area contributed by atoms with Gasteiger partial charge in [-0.1, -0.05) is 11.6 Å². The fourth-order valence-electron chi connectivity index (χ4n) is 4.40. The minimum Gasteiger partial charge on any atom is -0.494 e. The van der Waals surface area contributed by atoms with E-state index in [2.05, 4.69) is 0 Å². The van der Waals surface area contributed by atoms with Gasteiger partial charge in [0.1, 0.15) is 23.3 Å². The van der Waals surface area contributed by atoms with Gasteiger partial charge in [0.05, 0.1) is 27.4 Å². The Hall–Kier alpha value is -1.70. The lowest BCUT2D eigenvalue weighted by Crippen LogP contribution is -2.43. The molecule has 2 aliphatic heterocycles. The standard InChI is InChI=1S/C20H25ClO7/c1-11-14(19(22)24-3)17(23-2)15(21)18-16(11)28-13(10-25-18)12-4-6-20(7-5-12)26-8-9-27-20/h12-13H,4-10H2,1-3H3/t13-/m1/s1. The molecule has 2 fully saturated rings. The van der Waals surface area contributed by atoms with Crippen molar-refractivity contribution in [2.75, 3.05) is 34.0 Å². The predicted octanol–water partition coefficient (Wildman–Crippen LogP) is 3.52. The van der Waals surface area contributed by atoms with Gasteiger partial charge in [-0.15, -0.1) is 0 Å². The summed E-state index contributed by atoms with van der Waals surface area (Å²) in [5, 5.41) is 0.220. The molecule has 0 unspecified atom stereocenters. The first-order valence-corrected chi connectivity index (χ1v) is 9.93. The third-order valence-electron chi connectivity index (χ3n) is 5.93. The van der Waals surface area contributed by atoms with Crippen LogP contribution >= 0.6 is 11.6 Å². The Labute approximate surface area is 169 Å². The van der Waals surface area contributed by atoms with Crippen LogP contribution in [0.1, 0.15) is 41.6 Å². The van der Waals surface area contributed by atoms with Crippen LogP contribution in [0.3, 0.4) is 0 Å². The molecule has 1 atom stereocenters. The predicted molar refractivity (Wildman–Crippen MR) is 101 cm³/mol. The van der Waals surface area contributed by atoms with Crippen molar-refractivity contribution in [2.24, 2.45) is 5.92 Å². The third kappa shape index (κ3) is 3.19. The number of halogens is 1. The average molecular weight is 413 g/mol. The molecule has 0 N–H and O–H groups in total.